The van der Waals surface area contributed by atoms with Crippen molar-refractivity contribution in [2.45, 2.75) is 26.2 Å². The molecule has 0 saturated heterocycles. The van der Waals surface area contributed by atoms with Gasteiger partial charge >= 0.3 is 0 Å². The summed E-state index contributed by atoms with van der Waals surface area (Å²) in [5.74, 6) is 0. The van der Waals surface area contributed by atoms with Crippen molar-refractivity contribution in [2.24, 2.45) is 0 Å². The Labute approximate surface area is 88.2 Å². The molecular formula is C12H14N2O. The van der Waals surface area contributed by atoms with E-state index in [1.165, 1.54) is 0 Å². The molecule has 78 valence electrons. The molecule has 15 heavy (non-hydrogen) atoms. The van der Waals surface area contributed by atoms with E-state index in [0.717, 1.165) is 35.9 Å². The maximum Gasteiger partial charge on any atom is 0.248 e. The van der Waals surface area contributed by atoms with E-state index in [9.17, 15) is 4.79 Å². The molecule has 0 saturated carbocycles. The number of H-pyrrole nitrogens is 1. The Morgan fingerprint density at radius 3 is 3.00 bits per heavy atom. The lowest BCUT2D eigenvalue weighted by Crippen LogP contribution is -2.04. The van der Waals surface area contributed by atoms with Gasteiger partial charge in [-0.05, 0) is 25.0 Å². The number of unbranched alkanes of at least 4 members (excludes halogenated alkanes) is 1. The average Bonchev–Trinajstić information content (AvgIpc) is 2.25. The summed E-state index contributed by atoms with van der Waals surface area (Å²) < 4.78 is 0. The van der Waals surface area contributed by atoms with E-state index in [4.69, 9.17) is 0 Å². The largest absolute Gasteiger partial charge is 0.322 e. The Morgan fingerprint density at radius 2 is 2.20 bits per heavy atom. The predicted molar refractivity (Wildman–Crippen MR) is 61.0 cm³/mol. The van der Waals surface area contributed by atoms with Crippen LogP contribution in [0.1, 0.15) is 25.5 Å². The van der Waals surface area contributed by atoms with Crippen molar-refractivity contribution in [3.63, 3.8) is 0 Å². The third-order valence-corrected chi connectivity index (χ3v) is 2.50. The van der Waals surface area contributed by atoms with E-state index in [1.807, 2.05) is 12.1 Å². The van der Waals surface area contributed by atoms with Crippen LogP contribution in [0.5, 0.6) is 0 Å². The first kappa shape index (κ1) is 9.90. The number of fused-ring (bicyclic) bond motifs is 1. The molecule has 2 aromatic heterocycles. The van der Waals surface area contributed by atoms with Gasteiger partial charge in [0.05, 0.1) is 5.52 Å². The fourth-order valence-corrected chi connectivity index (χ4v) is 1.69. The highest BCUT2D eigenvalue weighted by Crippen LogP contribution is 2.14. The van der Waals surface area contributed by atoms with Crippen molar-refractivity contribution in [1.29, 1.82) is 0 Å². The molecule has 1 N–H and O–H groups in total. The number of nitrogens with one attached hydrogen (secondary N) is 1. The van der Waals surface area contributed by atoms with Gasteiger partial charge in [0.2, 0.25) is 5.56 Å². The predicted octanol–water partition coefficient (Wildman–Crippen LogP) is 2.27. The van der Waals surface area contributed by atoms with E-state index >= 15 is 0 Å². The van der Waals surface area contributed by atoms with Crippen LogP contribution in [-0.4, -0.2) is 9.97 Å². The van der Waals surface area contributed by atoms with Crippen LogP contribution in [0, 0.1) is 0 Å². The molecule has 3 nitrogen and oxygen atoms in total. The molecule has 0 amide bonds. The second-order valence-corrected chi connectivity index (χ2v) is 3.65. The lowest BCUT2D eigenvalue weighted by atomic mass is 10.1. The van der Waals surface area contributed by atoms with Gasteiger partial charge in [-0.1, -0.05) is 13.3 Å². The minimum atomic E-state index is -0.0601. The highest BCUT2D eigenvalue weighted by Gasteiger charge is 2.01. The molecular weight excluding hydrogens is 188 g/mol. The van der Waals surface area contributed by atoms with Gasteiger partial charge < -0.3 is 4.98 Å². The Hall–Kier alpha value is -1.64. The monoisotopic (exact) mass is 202 g/mol. The second-order valence-electron chi connectivity index (χ2n) is 3.65. The van der Waals surface area contributed by atoms with E-state index in [0.29, 0.717) is 0 Å². The van der Waals surface area contributed by atoms with E-state index in [1.54, 1.807) is 12.3 Å². The van der Waals surface area contributed by atoms with Crippen LogP contribution in [0.3, 0.4) is 0 Å². The van der Waals surface area contributed by atoms with Gasteiger partial charge in [-0.25, -0.2) is 0 Å². The molecule has 3 heteroatoms. The molecule has 0 spiro atoms. The van der Waals surface area contributed by atoms with Gasteiger partial charge in [-0.3, -0.25) is 9.78 Å². The Kier molecular flexibility index (Phi) is 2.81. The third kappa shape index (κ3) is 2.06. The maximum absolute atomic E-state index is 11.1. The summed E-state index contributed by atoms with van der Waals surface area (Å²) in [4.78, 5) is 18.3. The number of hydrogen-bond acceptors (Lipinski definition) is 2. The standard InChI is InChI=1S/C12H14N2O/c1-2-3-4-10-9-5-6-12(15)14-11(9)7-8-13-10/h5-8H,2-4H2,1H3,(H,14,15). The summed E-state index contributed by atoms with van der Waals surface area (Å²) >= 11 is 0. The van der Waals surface area contributed by atoms with Crippen LogP contribution in [0.2, 0.25) is 0 Å². The van der Waals surface area contributed by atoms with E-state index in [-0.39, 0.29) is 5.56 Å². The van der Waals surface area contributed by atoms with Gasteiger partial charge in [0, 0.05) is 23.3 Å². The topological polar surface area (TPSA) is 45.8 Å². The van der Waals surface area contributed by atoms with Gasteiger partial charge in [0.25, 0.3) is 0 Å². The molecule has 0 aliphatic rings. The van der Waals surface area contributed by atoms with Crippen molar-refractivity contribution in [3.05, 3.63) is 40.4 Å². The number of aromatic amines is 1. The van der Waals surface area contributed by atoms with Gasteiger partial charge in [-0.15, -0.1) is 0 Å². The molecule has 2 aromatic rings. The Bertz CT molecular complexity index is 516. The quantitative estimate of drug-likeness (QED) is 0.829. The van der Waals surface area contributed by atoms with E-state index < -0.39 is 0 Å². The zero-order valence-corrected chi connectivity index (χ0v) is 8.79. The second kappa shape index (κ2) is 4.26. The summed E-state index contributed by atoms with van der Waals surface area (Å²) in [6.45, 7) is 2.16. The first-order valence-electron chi connectivity index (χ1n) is 5.28. The fourth-order valence-electron chi connectivity index (χ4n) is 1.69. The molecule has 0 unspecified atom stereocenters. The zero-order chi connectivity index (χ0) is 10.7. The number of aromatic nitrogens is 2. The van der Waals surface area contributed by atoms with Gasteiger partial charge in [0.1, 0.15) is 0 Å². The highest BCUT2D eigenvalue weighted by atomic mass is 16.1. The normalized spacial score (nSPS) is 10.7. The van der Waals surface area contributed by atoms with Crippen molar-refractivity contribution in [1.82, 2.24) is 9.97 Å². The van der Waals surface area contributed by atoms with Crippen LogP contribution in [0.15, 0.2) is 29.2 Å². The van der Waals surface area contributed by atoms with Crippen molar-refractivity contribution >= 4 is 10.9 Å². The Morgan fingerprint density at radius 1 is 1.33 bits per heavy atom. The number of hydrogen-bond donors (Lipinski definition) is 1. The molecule has 2 heterocycles. The summed E-state index contributed by atoms with van der Waals surface area (Å²) in [6.07, 6.45) is 5.01. The molecule has 0 aliphatic heterocycles. The van der Waals surface area contributed by atoms with Crippen LogP contribution in [0.4, 0.5) is 0 Å². The van der Waals surface area contributed by atoms with Gasteiger partial charge in [-0.2, -0.15) is 0 Å². The number of pyridine rings is 2. The van der Waals surface area contributed by atoms with Crippen LogP contribution < -0.4 is 5.56 Å². The average molecular weight is 202 g/mol. The lowest BCUT2D eigenvalue weighted by Gasteiger charge is -2.03. The summed E-state index contributed by atoms with van der Waals surface area (Å²) in [6, 6.07) is 5.25. The van der Waals surface area contributed by atoms with Crippen LogP contribution >= 0.6 is 0 Å². The number of aryl methyl sites for hydroxylation is 1. The molecule has 0 radical (unpaired) electrons. The smallest absolute Gasteiger partial charge is 0.248 e. The van der Waals surface area contributed by atoms with Gasteiger partial charge in [0.15, 0.2) is 0 Å². The van der Waals surface area contributed by atoms with Crippen LogP contribution in [-0.2, 0) is 6.42 Å². The fraction of sp³-hybridized carbons (Fsp3) is 0.333. The minimum Gasteiger partial charge on any atom is -0.322 e. The Balaban J connectivity index is 2.51. The molecule has 0 aromatic carbocycles. The van der Waals surface area contributed by atoms with Crippen molar-refractivity contribution in [3.8, 4) is 0 Å². The van der Waals surface area contributed by atoms with Crippen molar-refractivity contribution in [2.75, 3.05) is 0 Å². The highest BCUT2D eigenvalue weighted by molar-refractivity contribution is 5.80. The summed E-state index contributed by atoms with van der Waals surface area (Å²) in [7, 11) is 0. The maximum atomic E-state index is 11.1. The molecule has 0 fully saturated rings. The number of nitrogens with zero attached hydrogens (tertiary/aromatic N) is 1. The van der Waals surface area contributed by atoms with Crippen molar-refractivity contribution < 1.29 is 0 Å². The summed E-state index contributed by atoms with van der Waals surface area (Å²) in [5, 5.41) is 1.06. The molecule has 0 bridgehead atoms. The minimum absolute atomic E-state index is 0.0601. The first-order chi connectivity index (χ1) is 7.31. The van der Waals surface area contributed by atoms with E-state index in [2.05, 4.69) is 16.9 Å². The van der Waals surface area contributed by atoms with Crippen LogP contribution in [0.25, 0.3) is 10.9 Å². The number of rotatable bonds is 3. The molecule has 2 rings (SSSR count). The SMILES string of the molecule is CCCCc1nccc2[nH]c(=O)ccc12. The molecule has 0 aliphatic carbocycles. The molecule has 0 atom stereocenters. The summed E-state index contributed by atoms with van der Waals surface area (Å²) in [5.41, 5.74) is 1.89. The lowest BCUT2D eigenvalue weighted by molar-refractivity contribution is 0.782. The third-order valence-electron chi connectivity index (χ3n) is 2.50. The zero-order valence-electron chi connectivity index (χ0n) is 8.79. The first-order valence-corrected chi connectivity index (χ1v) is 5.28.